The Hall–Kier alpha value is -3.41. The molecule has 2 aliphatic rings. The van der Waals surface area contributed by atoms with Gasteiger partial charge >= 0.3 is 0 Å². The van der Waals surface area contributed by atoms with Crippen LogP contribution in [-0.4, -0.2) is 32.8 Å². The van der Waals surface area contributed by atoms with E-state index in [1.165, 1.54) is 11.1 Å². The van der Waals surface area contributed by atoms with Gasteiger partial charge in [0, 0.05) is 30.1 Å². The SMILES string of the molecule is Oc1nc(NCC2Cc3ccccc3C2)[nH]c1C=C1C=Nc2ncccc21. The molecule has 6 nitrogen and oxygen atoms in total. The summed E-state index contributed by atoms with van der Waals surface area (Å²) < 4.78 is 0. The van der Waals surface area contributed by atoms with E-state index in [0.29, 0.717) is 23.4 Å². The number of nitrogens with zero attached hydrogens (tertiary/aromatic N) is 3. The minimum Gasteiger partial charge on any atom is -0.492 e. The number of H-pyrrole nitrogens is 1. The summed E-state index contributed by atoms with van der Waals surface area (Å²) in [5, 5.41) is 13.5. The molecule has 0 bridgehead atoms. The molecule has 3 aromatic rings. The fourth-order valence-electron chi connectivity index (χ4n) is 3.79. The van der Waals surface area contributed by atoms with E-state index in [0.717, 1.165) is 30.5 Å². The topological polar surface area (TPSA) is 86.2 Å². The summed E-state index contributed by atoms with van der Waals surface area (Å²) in [5.74, 6) is 1.79. The van der Waals surface area contributed by atoms with Crippen LogP contribution < -0.4 is 5.32 Å². The Morgan fingerprint density at radius 2 is 1.96 bits per heavy atom. The molecule has 0 saturated heterocycles. The molecule has 5 rings (SSSR count). The second-order valence-electron chi connectivity index (χ2n) is 6.98. The predicted molar refractivity (Wildman–Crippen MR) is 106 cm³/mol. The highest BCUT2D eigenvalue weighted by atomic mass is 16.3. The molecule has 0 saturated carbocycles. The van der Waals surface area contributed by atoms with Crippen molar-refractivity contribution in [2.45, 2.75) is 12.8 Å². The molecule has 2 aromatic heterocycles. The Morgan fingerprint density at radius 3 is 2.78 bits per heavy atom. The van der Waals surface area contributed by atoms with Gasteiger partial charge in [0.05, 0.1) is 0 Å². The third kappa shape index (κ3) is 2.99. The molecule has 0 atom stereocenters. The van der Waals surface area contributed by atoms with Gasteiger partial charge in [0.2, 0.25) is 11.8 Å². The number of hydrogen-bond donors (Lipinski definition) is 3. The first-order valence-corrected chi connectivity index (χ1v) is 9.07. The van der Waals surface area contributed by atoms with E-state index >= 15 is 0 Å². The van der Waals surface area contributed by atoms with E-state index in [1.54, 1.807) is 12.4 Å². The van der Waals surface area contributed by atoms with Gasteiger partial charge in [0.1, 0.15) is 5.69 Å². The van der Waals surface area contributed by atoms with Gasteiger partial charge in [-0.25, -0.2) is 9.98 Å². The number of aromatic nitrogens is 3. The third-order valence-electron chi connectivity index (χ3n) is 5.13. The van der Waals surface area contributed by atoms with Crippen molar-refractivity contribution in [3.8, 4) is 5.88 Å². The van der Waals surface area contributed by atoms with Gasteiger partial charge in [-0.15, -0.1) is 0 Å². The van der Waals surface area contributed by atoms with Crippen LogP contribution in [0, 0.1) is 5.92 Å². The Balaban J connectivity index is 1.29. The standard InChI is InChI=1S/C21H19N5O/c27-20-18(10-16-12-23-19-17(16)6-3-7-22-19)25-21(26-20)24-11-13-8-14-4-1-2-5-15(14)9-13/h1-7,10,12-13,27H,8-9,11H2,(H2,24,25,26). The van der Waals surface area contributed by atoms with Crippen molar-refractivity contribution in [2.24, 2.45) is 10.9 Å². The first kappa shape index (κ1) is 15.8. The van der Waals surface area contributed by atoms with Crippen molar-refractivity contribution in [3.05, 3.63) is 65.0 Å². The molecule has 0 spiro atoms. The van der Waals surface area contributed by atoms with Crippen molar-refractivity contribution >= 4 is 29.6 Å². The fourth-order valence-corrected chi connectivity index (χ4v) is 3.79. The predicted octanol–water partition coefficient (Wildman–Crippen LogP) is 3.59. The highest BCUT2D eigenvalue weighted by Gasteiger charge is 2.21. The number of hydrogen-bond acceptors (Lipinski definition) is 5. The minimum atomic E-state index is -0.0227. The highest BCUT2D eigenvalue weighted by Crippen LogP contribution is 2.32. The summed E-state index contributed by atoms with van der Waals surface area (Å²) in [6, 6.07) is 12.4. The second kappa shape index (κ2) is 6.39. The van der Waals surface area contributed by atoms with E-state index in [4.69, 9.17) is 0 Å². The first-order chi connectivity index (χ1) is 13.3. The van der Waals surface area contributed by atoms with Crippen LogP contribution in [0.1, 0.15) is 22.4 Å². The number of allylic oxidation sites excluding steroid dienone is 1. The number of imidazole rings is 1. The van der Waals surface area contributed by atoms with Gasteiger partial charge in [0.25, 0.3) is 0 Å². The zero-order valence-electron chi connectivity index (χ0n) is 14.7. The van der Waals surface area contributed by atoms with Crippen LogP contribution >= 0.6 is 0 Å². The molecule has 0 unspecified atom stereocenters. The van der Waals surface area contributed by atoms with E-state index < -0.39 is 0 Å². The smallest absolute Gasteiger partial charge is 0.238 e. The number of aromatic hydroxyl groups is 1. The maximum atomic E-state index is 10.2. The molecular weight excluding hydrogens is 338 g/mol. The van der Waals surface area contributed by atoms with Crippen LogP contribution in [0.15, 0.2) is 47.6 Å². The van der Waals surface area contributed by atoms with Crippen molar-refractivity contribution in [1.29, 1.82) is 0 Å². The number of nitrogens with one attached hydrogen (secondary N) is 2. The lowest BCUT2D eigenvalue weighted by Gasteiger charge is -2.09. The van der Waals surface area contributed by atoms with Crippen LogP contribution in [-0.2, 0) is 12.8 Å². The molecule has 0 amide bonds. The molecule has 0 fully saturated rings. The van der Waals surface area contributed by atoms with E-state index in [-0.39, 0.29) is 5.88 Å². The van der Waals surface area contributed by atoms with E-state index in [1.807, 2.05) is 18.2 Å². The summed E-state index contributed by atoms with van der Waals surface area (Å²) in [6.45, 7) is 0.811. The van der Waals surface area contributed by atoms with Crippen molar-refractivity contribution in [1.82, 2.24) is 15.0 Å². The Kier molecular flexibility index (Phi) is 3.74. The number of aromatic amines is 1. The number of fused-ring (bicyclic) bond motifs is 2. The maximum Gasteiger partial charge on any atom is 0.238 e. The Bertz CT molecular complexity index is 1040. The average molecular weight is 357 g/mol. The monoisotopic (exact) mass is 357 g/mol. The molecule has 1 aliphatic heterocycles. The van der Waals surface area contributed by atoms with Crippen LogP contribution in [0.5, 0.6) is 5.88 Å². The number of anilines is 1. The van der Waals surface area contributed by atoms with Crippen LogP contribution in [0.25, 0.3) is 11.6 Å². The van der Waals surface area contributed by atoms with Gasteiger partial charge in [-0.2, -0.15) is 4.98 Å². The van der Waals surface area contributed by atoms with Gasteiger partial charge in [-0.3, -0.25) is 0 Å². The van der Waals surface area contributed by atoms with Crippen LogP contribution in [0.2, 0.25) is 0 Å². The quantitative estimate of drug-likeness (QED) is 0.666. The lowest BCUT2D eigenvalue weighted by molar-refractivity contribution is 0.455. The Morgan fingerprint density at radius 1 is 1.15 bits per heavy atom. The molecule has 3 N–H and O–H groups in total. The zero-order chi connectivity index (χ0) is 18.2. The van der Waals surface area contributed by atoms with Gasteiger partial charge in [-0.1, -0.05) is 24.3 Å². The molecule has 1 aromatic carbocycles. The van der Waals surface area contributed by atoms with Crippen LogP contribution in [0.4, 0.5) is 11.8 Å². The minimum absolute atomic E-state index is 0.0227. The van der Waals surface area contributed by atoms with Crippen molar-refractivity contribution in [3.63, 3.8) is 0 Å². The lowest BCUT2D eigenvalue weighted by atomic mass is 10.1. The zero-order valence-corrected chi connectivity index (χ0v) is 14.7. The number of pyridine rings is 1. The summed E-state index contributed by atoms with van der Waals surface area (Å²) in [5.41, 5.74) is 5.28. The average Bonchev–Trinajstić information content (AvgIpc) is 3.38. The molecule has 3 heterocycles. The fraction of sp³-hybridized carbons (Fsp3) is 0.190. The first-order valence-electron chi connectivity index (χ1n) is 9.07. The van der Waals surface area contributed by atoms with E-state index in [9.17, 15) is 5.11 Å². The van der Waals surface area contributed by atoms with Gasteiger partial charge in [-0.05, 0) is 48.1 Å². The maximum absolute atomic E-state index is 10.2. The highest BCUT2D eigenvalue weighted by molar-refractivity contribution is 6.20. The van der Waals surface area contributed by atoms with E-state index in [2.05, 4.69) is 49.5 Å². The van der Waals surface area contributed by atoms with Gasteiger partial charge in [0.15, 0.2) is 5.82 Å². The van der Waals surface area contributed by atoms with Crippen molar-refractivity contribution < 1.29 is 5.11 Å². The number of rotatable bonds is 4. The number of benzene rings is 1. The second-order valence-corrected chi connectivity index (χ2v) is 6.98. The largest absolute Gasteiger partial charge is 0.492 e. The Labute approximate surface area is 156 Å². The molecule has 0 radical (unpaired) electrons. The summed E-state index contributed by atoms with van der Waals surface area (Å²) in [7, 11) is 0. The number of aliphatic imine (C=N–C) groups is 1. The summed E-state index contributed by atoms with van der Waals surface area (Å²) in [6.07, 6.45) is 7.47. The van der Waals surface area contributed by atoms with Crippen LogP contribution in [0.3, 0.4) is 0 Å². The lowest BCUT2D eigenvalue weighted by Crippen LogP contribution is -2.15. The third-order valence-corrected chi connectivity index (χ3v) is 5.13. The molecule has 6 heteroatoms. The summed E-state index contributed by atoms with van der Waals surface area (Å²) >= 11 is 0. The molecule has 1 aliphatic carbocycles. The summed E-state index contributed by atoms with van der Waals surface area (Å²) in [4.78, 5) is 15.9. The molecule has 27 heavy (non-hydrogen) atoms. The van der Waals surface area contributed by atoms with Gasteiger partial charge < -0.3 is 15.4 Å². The van der Waals surface area contributed by atoms with Crippen molar-refractivity contribution in [2.75, 3.05) is 11.9 Å². The normalized spacial score (nSPS) is 16.7. The molecule has 134 valence electrons. The molecular formula is C21H19N5O.